The summed E-state index contributed by atoms with van der Waals surface area (Å²) < 4.78 is 5.43. The predicted octanol–water partition coefficient (Wildman–Crippen LogP) is 1.24. The highest BCUT2D eigenvalue weighted by molar-refractivity contribution is 5.83. The monoisotopic (exact) mass is 283 g/mol. The van der Waals surface area contributed by atoms with E-state index in [9.17, 15) is 4.79 Å². The highest BCUT2D eigenvalue weighted by Gasteiger charge is 2.19. The van der Waals surface area contributed by atoms with Crippen molar-refractivity contribution in [3.63, 3.8) is 0 Å². The van der Waals surface area contributed by atoms with Crippen LogP contribution in [0.15, 0.2) is 4.42 Å². The molecule has 1 atom stereocenters. The van der Waals surface area contributed by atoms with E-state index in [1.807, 2.05) is 13.8 Å². The van der Waals surface area contributed by atoms with E-state index in [1.54, 1.807) is 11.8 Å². The molecule has 7 heteroatoms. The molecule has 0 fully saturated rings. The Morgan fingerprint density at radius 2 is 2.00 bits per heavy atom. The fourth-order valence-corrected chi connectivity index (χ4v) is 1.81. The molecule has 0 spiro atoms. The van der Waals surface area contributed by atoms with Gasteiger partial charge in [-0.1, -0.05) is 12.0 Å². The van der Waals surface area contributed by atoms with Crippen LogP contribution < -0.4 is 10.6 Å². The Morgan fingerprint density at radius 3 is 2.60 bits per heavy atom. The molecular formula is C13H25N5O2. The molecule has 0 saturated carbocycles. The molecule has 114 valence electrons. The van der Waals surface area contributed by atoms with Crippen molar-refractivity contribution >= 4 is 11.9 Å². The first-order valence-electron chi connectivity index (χ1n) is 7.20. The fraction of sp³-hybridized carbons (Fsp3) is 0.769. The van der Waals surface area contributed by atoms with E-state index < -0.39 is 0 Å². The number of amides is 1. The summed E-state index contributed by atoms with van der Waals surface area (Å²) in [5.74, 6) is 0.544. The molecule has 0 aliphatic heterocycles. The third kappa shape index (κ3) is 4.80. The zero-order valence-electron chi connectivity index (χ0n) is 12.8. The van der Waals surface area contributed by atoms with Crippen molar-refractivity contribution < 1.29 is 9.21 Å². The second-order valence-electron chi connectivity index (χ2n) is 4.55. The van der Waals surface area contributed by atoms with E-state index in [0.29, 0.717) is 25.5 Å². The Hall–Kier alpha value is -1.63. The third-order valence-corrected chi connectivity index (χ3v) is 2.96. The summed E-state index contributed by atoms with van der Waals surface area (Å²) in [6, 6.07) is -0.0990. The highest BCUT2D eigenvalue weighted by Crippen LogP contribution is 2.08. The van der Waals surface area contributed by atoms with Gasteiger partial charge in [-0.05, 0) is 33.7 Å². The molecule has 0 aliphatic carbocycles. The number of aromatic nitrogens is 2. The number of carbonyl (C=O) groups is 1. The van der Waals surface area contributed by atoms with E-state index in [1.165, 1.54) is 0 Å². The number of nitrogens with zero attached hydrogens (tertiary/aromatic N) is 3. The van der Waals surface area contributed by atoms with Gasteiger partial charge in [0.2, 0.25) is 11.8 Å². The number of hydrogen-bond donors (Lipinski definition) is 2. The van der Waals surface area contributed by atoms with Crippen LogP contribution in [-0.2, 0) is 11.3 Å². The second kappa shape index (κ2) is 8.52. The van der Waals surface area contributed by atoms with Crippen LogP contribution in [0.2, 0.25) is 0 Å². The molecule has 0 saturated heterocycles. The number of carbonyl (C=O) groups excluding carboxylic acids is 1. The molecule has 1 rings (SSSR count). The van der Waals surface area contributed by atoms with Gasteiger partial charge in [0, 0.05) is 13.1 Å². The Balaban J connectivity index is 2.49. The van der Waals surface area contributed by atoms with Gasteiger partial charge in [-0.15, -0.1) is 5.10 Å². The van der Waals surface area contributed by atoms with E-state index in [4.69, 9.17) is 4.42 Å². The van der Waals surface area contributed by atoms with Gasteiger partial charge < -0.3 is 20.0 Å². The lowest BCUT2D eigenvalue weighted by Gasteiger charge is -2.22. The van der Waals surface area contributed by atoms with Crippen LogP contribution >= 0.6 is 0 Å². The van der Waals surface area contributed by atoms with Crippen molar-refractivity contribution in [2.24, 2.45) is 0 Å². The largest absolute Gasteiger partial charge is 0.407 e. The van der Waals surface area contributed by atoms with Gasteiger partial charge in [0.15, 0.2) is 0 Å². The van der Waals surface area contributed by atoms with Gasteiger partial charge >= 0.3 is 6.01 Å². The van der Waals surface area contributed by atoms with E-state index >= 15 is 0 Å². The first-order valence-corrected chi connectivity index (χ1v) is 7.20. The lowest BCUT2D eigenvalue weighted by Crippen LogP contribution is -2.41. The van der Waals surface area contributed by atoms with E-state index in [-0.39, 0.29) is 18.0 Å². The minimum absolute atomic E-state index is 0.0267. The number of likely N-dealkylation sites (N-methyl/N-ethyl adjacent to an activating group) is 1. The minimum atomic E-state index is -0.383. The van der Waals surface area contributed by atoms with Crippen molar-refractivity contribution in [1.82, 2.24) is 20.4 Å². The zero-order valence-corrected chi connectivity index (χ0v) is 12.8. The summed E-state index contributed by atoms with van der Waals surface area (Å²) in [6.07, 6.45) is 1.05. The fourth-order valence-electron chi connectivity index (χ4n) is 1.81. The van der Waals surface area contributed by atoms with E-state index in [2.05, 4.69) is 27.8 Å². The first-order chi connectivity index (χ1) is 9.62. The molecular weight excluding hydrogens is 258 g/mol. The Labute approximate surface area is 120 Å². The molecule has 0 aliphatic rings. The van der Waals surface area contributed by atoms with Crippen molar-refractivity contribution in [2.45, 2.75) is 46.7 Å². The molecule has 1 heterocycles. The molecule has 1 amide bonds. The van der Waals surface area contributed by atoms with Crippen LogP contribution in [0.25, 0.3) is 0 Å². The van der Waals surface area contributed by atoms with E-state index in [0.717, 1.165) is 13.0 Å². The van der Waals surface area contributed by atoms with Gasteiger partial charge in [-0.3, -0.25) is 4.79 Å². The molecule has 1 unspecified atom stereocenters. The molecule has 1 aromatic heterocycles. The Bertz CT molecular complexity index is 403. The van der Waals surface area contributed by atoms with Gasteiger partial charge in [0.25, 0.3) is 0 Å². The van der Waals surface area contributed by atoms with Gasteiger partial charge in [-0.25, -0.2) is 0 Å². The van der Waals surface area contributed by atoms with Gasteiger partial charge in [-0.2, -0.15) is 0 Å². The maximum atomic E-state index is 12.1. The number of anilines is 1. The smallest absolute Gasteiger partial charge is 0.316 e. The summed E-state index contributed by atoms with van der Waals surface area (Å²) in [4.78, 5) is 13.9. The molecule has 1 aromatic rings. The van der Waals surface area contributed by atoms with Crippen LogP contribution in [0.5, 0.6) is 0 Å². The summed E-state index contributed by atoms with van der Waals surface area (Å²) in [6.45, 7) is 10.6. The maximum absolute atomic E-state index is 12.1. The average Bonchev–Trinajstić information content (AvgIpc) is 2.88. The summed E-state index contributed by atoms with van der Waals surface area (Å²) >= 11 is 0. The first kappa shape index (κ1) is 16.4. The van der Waals surface area contributed by atoms with Gasteiger partial charge in [0.1, 0.15) is 6.04 Å². The number of nitrogens with one attached hydrogen (secondary N) is 2. The van der Waals surface area contributed by atoms with Crippen molar-refractivity contribution in [1.29, 1.82) is 0 Å². The zero-order chi connectivity index (χ0) is 15.0. The molecule has 0 bridgehead atoms. The highest BCUT2D eigenvalue weighted by atomic mass is 16.4. The van der Waals surface area contributed by atoms with Crippen LogP contribution in [0.4, 0.5) is 6.01 Å². The summed E-state index contributed by atoms with van der Waals surface area (Å²) in [7, 11) is 0. The topological polar surface area (TPSA) is 83.3 Å². The molecule has 0 radical (unpaired) electrons. The third-order valence-electron chi connectivity index (χ3n) is 2.96. The molecule has 2 N–H and O–H groups in total. The quantitative estimate of drug-likeness (QED) is 0.663. The maximum Gasteiger partial charge on any atom is 0.316 e. The Kier molecular flexibility index (Phi) is 7.00. The molecule has 20 heavy (non-hydrogen) atoms. The lowest BCUT2D eigenvalue weighted by atomic mass is 10.3. The lowest BCUT2D eigenvalue weighted by molar-refractivity contribution is -0.131. The average molecular weight is 283 g/mol. The standard InChI is InChI=1S/C13H25N5O2/c1-5-8-14-9-11-16-17-13(20-11)15-10(4)12(19)18(6-2)7-3/h10,14H,5-9H2,1-4H3,(H,15,17). The number of rotatable bonds is 9. The molecule has 7 nitrogen and oxygen atoms in total. The van der Waals surface area contributed by atoms with Crippen molar-refractivity contribution in [3.8, 4) is 0 Å². The van der Waals surface area contributed by atoms with Crippen LogP contribution in [0, 0.1) is 0 Å². The summed E-state index contributed by atoms with van der Waals surface area (Å²) in [5.41, 5.74) is 0. The number of hydrogen-bond acceptors (Lipinski definition) is 6. The van der Waals surface area contributed by atoms with Gasteiger partial charge in [0.05, 0.1) is 6.54 Å². The van der Waals surface area contributed by atoms with Crippen molar-refractivity contribution in [3.05, 3.63) is 5.89 Å². The SMILES string of the molecule is CCCNCc1nnc(NC(C)C(=O)N(CC)CC)o1. The summed E-state index contributed by atoms with van der Waals surface area (Å²) in [5, 5.41) is 13.9. The minimum Gasteiger partial charge on any atom is -0.407 e. The van der Waals surface area contributed by atoms with Crippen LogP contribution in [0.1, 0.15) is 40.0 Å². The van der Waals surface area contributed by atoms with Crippen LogP contribution in [0.3, 0.4) is 0 Å². The van der Waals surface area contributed by atoms with Crippen LogP contribution in [-0.4, -0.2) is 46.7 Å². The predicted molar refractivity (Wildman–Crippen MR) is 77.3 cm³/mol. The molecule has 0 aromatic carbocycles. The normalized spacial score (nSPS) is 12.2. The Morgan fingerprint density at radius 1 is 1.30 bits per heavy atom. The van der Waals surface area contributed by atoms with Crippen molar-refractivity contribution in [2.75, 3.05) is 25.0 Å². The second-order valence-corrected chi connectivity index (χ2v) is 4.55.